The molecule has 2 aliphatic rings. The molecule has 9 aromatic carbocycles. The standard InChI is InChI=1S/C53H36N2/c1-4-19-38(20-5-1)54(39-21-6-2-7-22-39)41-31-33-46-44-26-12-14-28-48(44)53(50(46)35-41)49-29-15-13-27-45(49)47-34-32-42(36-51(47)53)55(40-23-8-3-9-24-40)52-30-16-18-37-17-10-11-25-43(37)52/h1-36H/i1D,4D,5D,19D,20D. The van der Waals surface area contributed by atoms with E-state index in [2.05, 4.69) is 150 Å². The third-order valence-electron chi connectivity index (χ3n) is 11.3. The van der Waals surface area contributed by atoms with Crippen LogP contribution in [0.25, 0.3) is 33.0 Å². The van der Waals surface area contributed by atoms with Crippen molar-refractivity contribution in [3.63, 3.8) is 0 Å². The van der Waals surface area contributed by atoms with Crippen LogP contribution in [0.2, 0.25) is 0 Å². The quantitative estimate of drug-likeness (QED) is 0.170. The van der Waals surface area contributed by atoms with Crippen LogP contribution in [0.5, 0.6) is 0 Å². The monoisotopic (exact) mass is 705 g/mol. The summed E-state index contributed by atoms with van der Waals surface area (Å²) in [6, 6.07) is 63.9. The van der Waals surface area contributed by atoms with Gasteiger partial charge in [-0.25, -0.2) is 0 Å². The van der Waals surface area contributed by atoms with Crippen LogP contribution in [-0.2, 0) is 5.41 Å². The average molecular weight is 706 g/mol. The summed E-state index contributed by atoms with van der Waals surface area (Å²) in [6.45, 7) is 0. The predicted octanol–water partition coefficient (Wildman–Crippen LogP) is 14.1. The van der Waals surface area contributed by atoms with Gasteiger partial charge in [-0.3, -0.25) is 0 Å². The first-order valence-corrected chi connectivity index (χ1v) is 18.6. The van der Waals surface area contributed by atoms with Crippen LogP contribution in [0.3, 0.4) is 0 Å². The number of rotatable bonds is 6. The molecule has 1 atom stereocenters. The summed E-state index contributed by atoms with van der Waals surface area (Å²) in [5.41, 5.74) is 13.0. The molecule has 11 rings (SSSR count). The van der Waals surface area contributed by atoms with Gasteiger partial charge in [0.2, 0.25) is 0 Å². The number of nitrogens with zero attached hydrogens (tertiary/aromatic N) is 2. The molecular weight excluding hydrogens is 665 g/mol. The minimum Gasteiger partial charge on any atom is -0.310 e. The van der Waals surface area contributed by atoms with E-state index in [1.54, 1.807) is 0 Å². The second kappa shape index (κ2) is 12.5. The van der Waals surface area contributed by atoms with Crippen LogP contribution < -0.4 is 9.80 Å². The molecule has 2 nitrogen and oxygen atoms in total. The number of hydrogen-bond acceptors (Lipinski definition) is 2. The lowest BCUT2D eigenvalue weighted by molar-refractivity contribution is 0.793. The van der Waals surface area contributed by atoms with Crippen LogP contribution in [-0.4, -0.2) is 0 Å². The number of hydrogen-bond donors (Lipinski definition) is 0. The fourth-order valence-corrected chi connectivity index (χ4v) is 9.14. The molecule has 0 heterocycles. The van der Waals surface area contributed by atoms with Gasteiger partial charge in [-0.05, 0) is 117 Å². The van der Waals surface area contributed by atoms with Crippen LogP contribution in [0.15, 0.2) is 218 Å². The Hall–Kier alpha value is -7.16. The highest BCUT2D eigenvalue weighted by atomic mass is 15.1. The van der Waals surface area contributed by atoms with Gasteiger partial charge in [0.1, 0.15) is 0 Å². The Labute approximate surface area is 328 Å². The zero-order chi connectivity index (χ0) is 40.7. The molecule has 1 spiro atoms. The van der Waals surface area contributed by atoms with Gasteiger partial charge in [-0.1, -0.05) is 152 Å². The molecule has 258 valence electrons. The second-order valence-electron chi connectivity index (χ2n) is 14.1. The van der Waals surface area contributed by atoms with Crippen molar-refractivity contribution < 1.29 is 6.85 Å². The molecule has 1 unspecified atom stereocenters. The number of benzene rings is 9. The Morgan fingerprint density at radius 3 is 1.47 bits per heavy atom. The van der Waals surface area contributed by atoms with E-state index in [1.165, 1.54) is 11.1 Å². The van der Waals surface area contributed by atoms with Crippen molar-refractivity contribution in [3.05, 3.63) is 241 Å². The minimum atomic E-state index is -0.743. The third kappa shape index (κ3) is 4.68. The summed E-state index contributed by atoms with van der Waals surface area (Å²) in [4.78, 5) is 4.17. The van der Waals surface area contributed by atoms with Crippen LogP contribution in [0, 0.1) is 0 Å². The van der Waals surface area contributed by atoms with Gasteiger partial charge >= 0.3 is 0 Å². The van der Waals surface area contributed by atoms with Crippen molar-refractivity contribution in [3.8, 4) is 22.3 Å². The lowest BCUT2D eigenvalue weighted by Gasteiger charge is -2.33. The maximum Gasteiger partial charge on any atom is 0.0727 e. The third-order valence-corrected chi connectivity index (χ3v) is 11.3. The van der Waals surface area contributed by atoms with Crippen LogP contribution in [0.4, 0.5) is 34.1 Å². The van der Waals surface area contributed by atoms with E-state index >= 15 is 0 Å². The molecule has 0 radical (unpaired) electrons. The fourth-order valence-electron chi connectivity index (χ4n) is 9.14. The van der Waals surface area contributed by atoms with Crippen molar-refractivity contribution in [1.82, 2.24) is 0 Å². The Morgan fingerprint density at radius 1 is 0.345 bits per heavy atom. The summed E-state index contributed by atoms with van der Waals surface area (Å²) in [7, 11) is 0. The van der Waals surface area contributed by atoms with Gasteiger partial charge in [0.05, 0.1) is 18.0 Å². The van der Waals surface area contributed by atoms with E-state index in [0.29, 0.717) is 11.4 Å². The Kier molecular flexibility index (Phi) is 6.03. The van der Waals surface area contributed by atoms with Crippen molar-refractivity contribution in [1.29, 1.82) is 0 Å². The summed E-state index contributed by atoms with van der Waals surface area (Å²) >= 11 is 0. The van der Waals surface area contributed by atoms with Gasteiger partial charge in [0.15, 0.2) is 0 Å². The minimum absolute atomic E-state index is 0.0970. The van der Waals surface area contributed by atoms with Gasteiger partial charge in [0, 0.05) is 33.8 Å². The molecule has 0 aliphatic heterocycles. The number of para-hydroxylation sites is 3. The van der Waals surface area contributed by atoms with E-state index in [0.717, 1.165) is 61.2 Å². The van der Waals surface area contributed by atoms with E-state index < -0.39 is 11.5 Å². The van der Waals surface area contributed by atoms with E-state index in [1.807, 2.05) is 47.4 Å². The van der Waals surface area contributed by atoms with Gasteiger partial charge in [0.25, 0.3) is 0 Å². The average Bonchev–Trinajstić information content (AvgIpc) is 3.76. The molecular formula is C53H36N2. The van der Waals surface area contributed by atoms with Gasteiger partial charge in [-0.2, -0.15) is 0 Å². The first-order valence-electron chi connectivity index (χ1n) is 21.1. The maximum absolute atomic E-state index is 9.11. The van der Waals surface area contributed by atoms with Crippen LogP contribution in [0.1, 0.15) is 29.1 Å². The van der Waals surface area contributed by atoms with Crippen LogP contribution >= 0.6 is 0 Å². The summed E-state index contributed by atoms with van der Waals surface area (Å²) < 4.78 is 43.9. The molecule has 0 fully saturated rings. The van der Waals surface area contributed by atoms with Gasteiger partial charge in [-0.15, -0.1) is 0 Å². The fraction of sp³-hybridized carbons (Fsp3) is 0.0189. The Morgan fingerprint density at radius 2 is 0.836 bits per heavy atom. The molecule has 0 amide bonds. The van der Waals surface area contributed by atoms with Crippen molar-refractivity contribution in [2.75, 3.05) is 9.80 Å². The number of anilines is 6. The molecule has 0 aromatic heterocycles. The first-order chi connectivity index (χ1) is 29.4. The highest BCUT2D eigenvalue weighted by molar-refractivity contribution is 6.01. The molecule has 55 heavy (non-hydrogen) atoms. The first kappa shape index (κ1) is 26.6. The second-order valence-corrected chi connectivity index (χ2v) is 14.1. The Balaban J connectivity index is 1.21. The van der Waals surface area contributed by atoms with E-state index in [4.69, 9.17) is 6.85 Å². The van der Waals surface area contributed by atoms with Crippen molar-refractivity contribution in [2.24, 2.45) is 0 Å². The Bertz CT molecular complexity index is 3140. The highest BCUT2D eigenvalue weighted by Gasteiger charge is 2.52. The zero-order valence-corrected chi connectivity index (χ0v) is 29.8. The van der Waals surface area contributed by atoms with E-state index in [9.17, 15) is 0 Å². The SMILES string of the molecule is [2H]c1c([2H])c([2H])c(N(c2ccccc2)c2ccc3c(c2)C2(c4ccccc4-3)c3ccccc3-c3ccc(N(c4ccccc4)c4cccc5ccccc45)cc32)c([2H])c1[2H]. The largest absolute Gasteiger partial charge is 0.310 e. The lowest BCUT2D eigenvalue weighted by Crippen LogP contribution is -2.26. The molecule has 0 bridgehead atoms. The highest BCUT2D eigenvalue weighted by Crippen LogP contribution is 2.64. The molecule has 0 saturated carbocycles. The molecule has 0 N–H and O–H groups in total. The maximum atomic E-state index is 9.11. The smallest absolute Gasteiger partial charge is 0.0727 e. The summed E-state index contributed by atoms with van der Waals surface area (Å²) in [5, 5.41) is 2.31. The predicted molar refractivity (Wildman–Crippen MR) is 230 cm³/mol. The summed E-state index contributed by atoms with van der Waals surface area (Å²) in [6.07, 6.45) is 0. The van der Waals surface area contributed by atoms with E-state index in [-0.39, 0.29) is 29.9 Å². The molecule has 2 heteroatoms. The molecule has 2 aliphatic carbocycles. The molecule has 0 saturated heterocycles. The molecule has 9 aromatic rings. The topological polar surface area (TPSA) is 6.48 Å². The van der Waals surface area contributed by atoms with Crippen molar-refractivity contribution >= 4 is 44.9 Å². The van der Waals surface area contributed by atoms with Crippen molar-refractivity contribution in [2.45, 2.75) is 5.41 Å². The lowest BCUT2D eigenvalue weighted by atomic mass is 9.70. The zero-order valence-electron chi connectivity index (χ0n) is 34.8. The summed E-state index contributed by atoms with van der Waals surface area (Å²) in [5.74, 6) is 0. The number of fused-ring (bicyclic) bond motifs is 11. The van der Waals surface area contributed by atoms with Gasteiger partial charge < -0.3 is 9.80 Å². The normalized spacial score (nSPS) is 15.9.